The minimum absolute atomic E-state index is 0.235. The van der Waals surface area contributed by atoms with Crippen LogP contribution < -0.4 is 10.6 Å². The highest BCUT2D eigenvalue weighted by atomic mass is 16.2. The standard InChI is InChI=1S/C23H27N3O3/c1-16(2)14-23(3)21(28)26(22(29)25-23)15-19(27)24-20(17-10-6-4-7-11-17)18-12-8-5-9-13-18/h4-13,16,20H,14-15H2,1-3H3,(H,24,27)(H,25,29)/t23-/m1/s1. The van der Waals surface area contributed by atoms with E-state index in [4.69, 9.17) is 0 Å². The van der Waals surface area contributed by atoms with E-state index in [0.29, 0.717) is 6.42 Å². The highest BCUT2D eigenvalue weighted by Crippen LogP contribution is 2.25. The molecule has 2 N–H and O–H groups in total. The second kappa shape index (κ2) is 8.47. The summed E-state index contributed by atoms with van der Waals surface area (Å²) in [6.45, 7) is 5.38. The molecule has 1 aliphatic heterocycles. The summed E-state index contributed by atoms with van der Waals surface area (Å²) in [4.78, 5) is 39.0. The van der Waals surface area contributed by atoms with Crippen LogP contribution in [-0.4, -0.2) is 34.8 Å². The first-order valence-electron chi connectivity index (χ1n) is 9.83. The van der Waals surface area contributed by atoms with E-state index in [2.05, 4.69) is 10.6 Å². The zero-order valence-electron chi connectivity index (χ0n) is 17.0. The van der Waals surface area contributed by atoms with Gasteiger partial charge in [0.1, 0.15) is 12.1 Å². The molecular formula is C23H27N3O3. The lowest BCUT2D eigenvalue weighted by molar-refractivity contribution is -0.135. The van der Waals surface area contributed by atoms with Gasteiger partial charge >= 0.3 is 6.03 Å². The molecule has 4 amide bonds. The number of hydrogen-bond acceptors (Lipinski definition) is 3. The average Bonchev–Trinajstić information content (AvgIpc) is 2.89. The second-order valence-electron chi connectivity index (χ2n) is 8.07. The van der Waals surface area contributed by atoms with E-state index in [1.807, 2.05) is 74.5 Å². The van der Waals surface area contributed by atoms with E-state index in [9.17, 15) is 14.4 Å². The molecular weight excluding hydrogens is 366 g/mol. The van der Waals surface area contributed by atoms with Crippen LogP contribution >= 0.6 is 0 Å². The highest BCUT2D eigenvalue weighted by Gasteiger charge is 2.48. The van der Waals surface area contributed by atoms with Crippen LogP contribution in [0.3, 0.4) is 0 Å². The van der Waals surface area contributed by atoms with Crippen LogP contribution in [0.15, 0.2) is 60.7 Å². The number of carbonyl (C=O) groups excluding carboxylic acids is 3. The van der Waals surface area contributed by atoms with Gasteiger partial charge in [-0.15, -0.1) is 0 Å². The van der Waals surface area contributed by atoms with Crippen molar-refractivity contribution in [3.63, 3.8) is 0 Å². The maximum Gasteiger partial charge on any atom is 0.325 e. The Labute approximate surface area is 171 Å². The summed E-state index contributed by atoms with van der Waals surface area (Å²) in [6.07, 6.45) is 0.520. The summed E-state index contributed by atoms with van der Waals surface area (Å²) in [7, 11) is 0. The van der Waals surface area contributed by atoms with E-state index in [1.54, 1.807) is 6.92 Å². The molecule has 1 heterocycles. The van der Waals surface area contributed by atoms with Crippen LogP contribution in [0.2, 0.25) is 0 Å². The smallest absolute Gasteiger partial charge is 0.325 e. The summed E-state index contributed by atoms with van der Waals surface area (Å²) in [6, 6.07) is 18.3. The lowest BCUT2D eigenvalue weighted by Crippen LogP contribution is -2.46. The number of rotatable bonds is 7. The summed E-state index contributed by atoms with van der Waals surface area (Å²) in [5.74, 6) is -0.513. The van der Waals surface area contributed by atoms with Crippen molar-refractivity contribution >= 4 is 17.8 Å². The predicted molar refractivity (Wildman–Crippen MR) is 111 cm³/mol. The minimum Gasteiger partial charge on any atom is -0.344 e. The zero-order chi connectivity index (χ0) is 21.0. The van der Waals surface area contributed by atoms with E-state index >= 15 is 0 Å². The third-order valence-electron chi connectivity index (χ3n) is 5.03. The quantitative estimate of drug-likeness (QED) is 0.709. The number of amides is 4. The first kappa shape index (κ1) is 20.6. The Hall–Kier alpha value is -3.15. The van der Waals surface area contributed by atoms with Crippen LogP contribution in [0.25, 0.3) is 0 Å². The van der Waals surface area contributed by atoms with Gasteiger partial charge in [0.05, 0.1) is 6.04 Å². The molecule has 2 aromatic rings. The van der Waals surface area contributed by atoms with E-state index in [1.165, 1.54) is 0 Å². The molecule has 0 unspecified atom stereocenters. The van der Waals surface area contributed by atoms with Crippen molar-refractivity contribution in [2.45, 2.75) is 38.8 Å². The fourth-order valence-corrected chi connectivity index (χ4v) is 3.85. The van der Waals surface area contributed by atoms with Gasteiger partial charge in [-0.1, -0.05) is 74.5 Å². The molecule has 1 atom stereocenters. The summed E-state index contributed by atoms with van der Waals surface area (Å²) in [5, 5.41) is 5.71. The lowest BCUT2D eigenvalue weighted by atomic mass is 9.91. The maximum absolute atomic E-state index is 12.8. The second-order valence-corrected chi connectivity index (χ2v) is 8.07. The minimum atomic E-state index is -0.968. The van der Waals surface area contributed by atoms with Gasteiger partial charge in [-0.2, -0.15) is 0 Å². The number of carbonyl (C=O) groups is 3. The third kappa shape index (κ3) is 4.65. The topological polar surface area (TPSA) is 78.5 Å². The average molecular weight is 393 g/mol. The molecule has 0 bridgehead atoms. The lowest BCUT2D eigenvalue weighted by Gasteiger charge is -2.24. The number of nitrogens with one attached hydrogen (secondary N) is 2. The first-order chi connectivity index (χ1) is 13.8. The zero-order valence-corrected chi connectivity index (χ0v) is 17.0. The molecule has 1 saturated heterocycles. The highest BCUT2D eigenvalue weighted by molar-refractivity contribution is 6.08. The van der Waals surface area contributed by atoms with Gasteiger partial charge in [-0.3, -0.25) is 14.5 Å². The third-order valence-corrected chi connectivity index (χ3v) is 5.03. The van der Waals surface area contributed by atoms with Crippen LogP contribution in [-0.2, 0) is 9.59 Å². The van der Waals surface area contributed by atoms with Gasteiger partial charge in [0, 0.05) is 0 Å². The SMILES string of the molecule is CC(C)C[C@@]1(C)NC(=O)N(CC(=O)NC(c2ccccc2)c2ccccc2)C1=O. The Morgan fingerprint density at radius 2 is 1.52 bits per heavy atom. The van der Waals surface area contributed by atoms with Crippen LogP contribution in [0, 0.1) is 5.92 Å². The Morgan fingerprint density at radius 3 is 2.00 bits per heavy atom. The summed E-state index contributed by atoms with van der Waals surface area (Å²) >= 11 is 0. The van der Waals surface area contributed by atoms with Gasteiger partial charge in [0.15, 0.2) is 0 Å². The van der Waals surface area contributed by atoms with Crippen LogP contribution in [0.5, 0.6) is 0 Å². The van der Waals surface area contributed by atoms with Gasteiger partial charge < -0.3 is 10.6 Å². The first-order valence-corrected chi connectivity index (χ1v) is 9.83. The number of benzene rings is 2. The number of hydrogen-bond donors (Lipinski definition) is 2. The number of imide groups is 1. The Morgan fingerprint density at radius 1 is 1.00 bits per heavy atom. The molecule has 2 aromatic carbocycles. The fraction of sp³-hybridized carbons (Fsp3) is 0.348. The molecule has 0 saturated carbocycles. The number of nitrogens with zero attached hydrogens (tertiary/aromatic N) is 1. The molecule has 29 heavy (non-hydrogen) atoms. The molecule has 6 heteroatoms. The van der Waals surface area contributed by atoms with Crippen molar-refractivity contribution in [1.29, 1.82) is 0 Å². The normalized spacial score (nSPS) is 19.0. The Bertz CT molecular complexity index is 843. The largest absolute Gasteiger partial charge is 0.344 e. The van der Waals surface area contributed by atoms with Crippen molar-refractivity contribution in [1.82, 2.24) is 15.5 Å². The van der Waals surface area contributed by atoms with Gasteiger partial charge in [-0.05, 0) is 30.4 Å². The predicted octanol–water partition coefficient (Wildman–Crippen LogP) is 3.25. The molecule has 0 radical (unpaired) electrons. The van der Waals surface area contributed by atoms with Crippen molar-refractivity contribution in [2.75, 3.05) is 6.54 Å². The monoisotopic (exact) mass is 393 g/mol. The van der Waals surface area contributed by atoms with Crippen molar-refractivity contribution < 1.29 is 14.4 Å². The van der Waals surface area contributed by atoms with E-state index in [0.717, 1.165) is 16.0 Å². The van der Waals surface area contributed by atoms with E-state index < -0.39 is 11.6 Å². The van der Waals surface area contributed by atoms with Gasteiger partial charge in [0.25, 0.3) is 5.91 Å². The summed E-state index contributed by atoms with van der Waals surface area (Å²) in [5.41, 5.74) is 0.881. The Kier molecular flexibility index (Phi) is 6.01. The molecule has 0 aromatic heterocycles. The van der Waals surface area contributed by atoms with Crippen molar-refractivity contribution in [3.05, 3.63) is 71.8 Å². The van der Waals surface area contributed by atoms with Crippen LogP contribution in [0.1, 0.15) is 44.4 Å². The maximum atomic E-state index is 12.8. The van der Waals surface area contributed by atoms with Crippen molar-refractivity contribution in [3.8, 4) is 0 Å². The van der Waals surface area contributed by atoms with Crippen molar-refractivity contribution in [2.24, 2.45) is 5.92 Å². The molecule has 0 spiro atoms. The fourth-order valence-electron chi connectivity index (χ4n) is 3.85. The molecule has 1 aliphatic rings. The molecule has 1 fully saturated rings. The Balaban J connectivity index is 1.76. The molecule has 0 aliphatic carbocycles. The van der Waals surface area contributed by atoms with Gasteiger partial charge in [-0.25, -0.2) is 4.79 Å². The molecule has 152 valence electrons. The van der Waals surface area contributed by atoms with E-state index in [-0.39, 0.29) is 30.3 Å². The van der Waals surface area contributed by atoms with Gasteiger partial charge in [0.2, 0.25) is 5.91 Å². The summed E-state index contributed by atoms with van der Waals surface area (Å²) < 4.78 is 0. The van der Waals surface area contributed by atoms with Crippen LogP contribution in [0.4, 0.5) is 4.79 Å². The molecule has 6 nitrogen and oxygen atoms in total. The molecule has 3 rings (SSSR count). The number of urea groups is 1.